The molecule has 28 heavy (non-hydrogen) atoms. The fourth-order valence-corrected chi connectivity index (χ4v) is 5.23. The minimum absolute atomic E-state index is 0.0632. The number of alkyl halides is 2. The number of halogens is 2. The molecule has 1 amide bonds. The topological polar surface area (TPSA) is 66.3 Å². The number of nitrogens with zero attached hydrogens (tertiary/aromatic N) is 5. The molecule has 1 N–H and O–H groups in total. The monoisotopic (exact) mass is 394 g/mol. The van der Waals surface area contributed by atoms with Crippen LogP contribution in [0.2, 0.25) is 0 Å². The first-order valence-electron chi connectivity index (χ1n) is 10.6. The van der Waals surface area contributed by atoms with Crippen molar-refractivity contribution >= 4 is 11.9 Å². The quantitative estimate of drug-likeness (QED) is 0.847. The Morgan fingerprint density at radius 2 is 1.82 bits per heavy atom. The molecule has 2 saturated heterocycles. The second-order valence-corrected chi connectivity index (χ2v) is 8.82. The number of hydrogen-bond donors (Lipinski definition) is 1. The van der Waals surface area contributed by atoms with Crippen LogP contribution in [0.3, 0.4) is 0 Å². The molecule has 1 saturated carbocycles. The zero-order valence-corrected chi connectivity index (χ0v) is 16.1. The van der Waals surface area contributed by atoms with Crippen LogP contribution in [0.1, 0.15) is 50.8 Å². The summed E-state index contributed by atoms with van der Waals surface area (Å²) in [4.78, 5) is 21.7. The standard InChI is InChI=1S/C19H28F2N6O/c20-19(21)5-3-13(4-6-19)9-17(28)25-7-8-26-16(12-25)23-18(24-26)27-14-1-2-15(27)11-22-10-14/h13-15,22H,1-12H2. The molecule has 0 spiro atoms. The van der Waals surface area contributed by atoms with Crippen LogP contribution in [0.5, 0.6) is 0 Å². The van der Waals surface area contributed by atoms with E-state index in [1.54, 1.807) is 0 Å². The number of amides is 1. The lowest BCUT2D eigenvalue weighted by molar-refractivity contribution is -0.135. The van der Waals surface area contributed by atoms with Gasteiger partial charge < -0.3 is 15.1 Å². The van der Waals surface area contributed by atoms with Crippen LogP contribution >= 0.6 is 0 Å². The van der Waals surface area contributed by atoms with Gasteiger partial charge in [0.2, 0.25) is 17.8 Å². The van der Waals surface area contributed by atoms with E-state index in [9.17, 15) is 13.6 Å². The molecule has 3 aliphatic heterocycles. The summed E-state index contributed by atoms with van der Waals surface area (Å²) in [5.41, 5.74) is 0. The second kappa shape index (κ2) is 6.93. The Bertz CT molecular complexity index is 727. The van der Waals surface area contributed by atoms with Crippen molar-refractivity contribution in [2.45, 2.75) is 76.0 Å². The van der Waals surface area contributed by atoms with E-state index >= 15 is 0 Å². The first-order chi connectivity index (χ1) is 13.5. The number of aromatic nitrogens is 3. The lowest BCUT2D eigenvalue weighted by atomic mass is 9.84. The summed E-state index contributed by atoms with van der Waals surface area (Å²) in [5.74, 6) is -0.760. The molecule has 0 radical (unpaired) electrons. The predicted octanol–water partition coefficient (Wildman–Crippen LogP) is 1.78. The molecule has 9 heteroatoms. The number of piperazine rings is 1. The van der Waals surface area contributed by atoms with Crippen molar-refractivity contribution in [1.29, 1.82) is 0 Å². The Kier molecular flexibility index (Phi) is 4.52. The van der Waals surface area contributed by atoms with Crippen LogP contribution in [0.4, 0.5) is 14.7 Å². The molecular weight excluding hydrogens is 366 g/mol. The molecule has 0 aromatic carbocycles. The minimum atomic E-state index is -2.54. The Balaban J connectivity index is 1.22. The molecule has 5 rings (SSSR count). The lowest BCUT2D eigenvalue weighted by Crippen LogP contribution is -2.52. The lowest BCUT2D eigenvalue weighted by Gasteiger charge is -2.34. The maximum absolute atomic E-state index is 13.3. The number of nitrogens with one attached hydrogen (secondary N) is 1. The highest BCUT2D eigenvalue weighted by molar-refractivity contribution is 5.76. The van der Waals surface area contributed by atoms with E-state index in [0.717, 1.165) is 24.9 Å². The normalized spacial score (nSPS) is 29.8. The number of carbonyl (C=O) groups is 1. The number of anilines is 1. The molecule has 1 aliphatic carbocycles. The van der Waals surface area contributed by atoms with Gasteiger partial charge in [0, 0.05) is 51.0 Å². The molecule has 2 bridgehead atoms. The van der Waals surface area contributed by atoms with Gasteiger partial charge in [-0.25, -0.2) is 13.5 Å². The number of hydrogen-bond acceptors (Lipinski definition) is 5. The van der Waals surface area contributed by atoms with Crippen LogP contribution in [0, 0.1) is 5.92 Å². The Labute approximate surface area is 163 Å². The van der Waals surface area contributed by atoms with Crippen LogP contribution in [-0.4, -0.2) is 63.2 Å². The maximum atomic E-state index is 13.3. The van der Waals surface area contributed by atoms with Crippen molar-refractivity contribution in [2.75, 3.05) is 24.5 Å². The smallest absolute Gasteiger partial charge is 0.248 e. The van der Waals surface area contributed by atoms with Gasteiger partial charge in [0.25, 0.3) is 0 Å². The highest BCUT2D eigenvalue weighted by atomic mass is 19.3. The predicted molar refractivity (Wildman–Crippen MR) is 99.1 cm³/mol. The third-order valence-corrected chi connectivity index (χ3v) is 6.91. The van der Waals surface area contributed by atoms with Crippen molar-refractivity contribution in [3.63, 3.8) is 0 Å². The molecular formula is C19H28F2N6O. The molecule has 3 fully saturated rings. The average Bonchev–Trinajstić information content (AvgIpc) is 3.20. The van der Waals surface area contributed by atoms with E-state index in [-0.39, 0.29) is 24.7 Å². The zero-order valence-electron chi connectivity index (χ0n) is 16.1. The third-order valence-electron chi connectivity index (χ3n) is 6.91. The van der Waals surface area contributed by atoms with Gasteiger partial charge in [-0.15, -0.1) is 5.10 Å². The van der Waals surface area contributed by atoms with Gasteiger partial charge >= 0.3 is 0 Å². The van der Waals surface area contributed by atoms with Gasteiger partial charge in [0.1, 0.15) is 5.82 Å². The average molecular weight is 394 g/mol. The molecule has 4 heterocycles. The molecule has 1 aromatic rings. The molecule has 4 aliphatic rings. The summed E-state index contributed by atoms with van der Waals surface area (Å²) in [7, 11) is 0. The van der Waals surface area contributed by atoms with Gasteiger partial charge in [-0.3, -0.25) is 4.79 Å². The van der Waals surface area contributed by atoms with Crippen molar-refractivity contribution in [1.82, 2.24) is 25.0 Å². The van der Waals surface area contributed by atoms with Crippen LogP contribution in [0.15, 0.2) is 0 Å². The summed E-state index contributed by atoms with van der Waals surface area (Å²) in [6.45, 7) is 3.69. The Morgan fingerprint density at radius 1 is 1.11 bits per heavy atom. The van der Waals surface area contributed by atoms with Crippen LogP contribution in [-0.2, 0) is 17.9 Å². The summed E-state index contributed by atoms with van der Waals surface area (Å²) >= 11 is 0. The minimum Gasteiger partial charge on any atom is -0.333 e. The van der Waals surface area contributed by atoms with E-state index in [4.69, 9.17) is 10.1 Å². The molecule has 154 valence electrons. The van der Waals surface area contributed by atoms with Crippen molar-refractivity contribution in [3.05, 3.63) is 5.82 Å². The SMILES string of the molecule is O=C(CC1CCC(F)(F)CC1)N1CCn2nc(N3C4CCC3CNC4)nc2C1. The number of rotatable bonds is 3. The van der Waals surface area contributed by atoms with E-state index in [2.05, 4.69) is 10.2 Å². The summed E-state index contributed by atoms with van der Waals surface area (Å²) in [5, 5.41) is 8.19. The molecule has 2 atom stereocenters. The van der Waals surface area contributed by atoms with Gasteiger partial charge in [-0.2, -0.15) is 4.98 Å². The first-order valence-corrected chi connectivity index (χ1v) is 10.6. The van der Waals surface area contributed by atoms with E-state index in [1.807, 2.05) is 9.58 Å². The first kappa shape index (κ1) is 18.3. The largest absolute Gasteiger partial charge is 0.333 e. The zero-order chi connectivity index (χ0) is 19.3. The summed E-state index contributed by atoms with van der Waals surface area (Å²) < 4.78 is 28.6. The fourth-order valence-electron chi connectivity index (χ4n) is 5.23. The van der Waals surface area contributed by atoms with Gasteiger partial charge in [-0.05, 0) is 31.6 Å². The van der Waals surface area contributed by atoms with Crippen molar-refractivity contribution in [2.24, 2.45) is 5.92 Å². The maximum Gasteiger partial charge on any atom is 0.248 e. The number of fused-ring (bicyclic) bond motifs is 3. The fraction of sp³-hybridized carbons (Fsp3) is 0.842. The van der Waals surface area contributed by atoms with Crippen molar-refractivity contribution < 1.29 is 13.6 Å². The van der Waals surface area contributed by atoms with Gasteiger partial charge in [0.05, 0.1) is 13.1 Å². The summed E-state index contributed by atoms with van der Waals surface area (Å²) in [6.07, 6.45) is 3.43. The third kappa shape index (κ3) is 3.38. The van der Waals surface area contributed by atoms with Crippen molar-refractivity contribution in [3.8, 4) is 0 Å². The van der Waals surface area contributed by atoms with E-state index in [0.29, 0.717) is 51.0 Å². The number of carbonyl (C=O) groups excluding carboxylic acids is 1. The van der Waals surface area contributed by atoms with E-state index < -0.39 is 5.92 Å². The highest BCUT2D eigenvalue weighted by Crippen LogP contribution is 2.38. The molecule has 7 nitrogen and oxygen atoms in total. The summed E-state index contributed by atoms with van der Waals surface area (Å²) in [6, 6.07) is 0.927. The Hall–Kier alpha value is -1.77. The van der Waals surface area contributed by atoms with E-state index in [1.165, 1.54) is 12.8 Å². The van der Waals surface area contributed by atoms with Gasteiger partial charge in [0.15, 0.2) is 0 Å². The highest BCUT2D eigenvalue weighted by Gasteiger charge is 2.40. The van der Waals surface area contributed by atoms with Crippen LogP contribution in [0.25, 0.3) is 0 Å². The molecule has 1 aromatic heterocycles. The molecule has 2 unspecified atom stereocenters. The van der Waals surface area contributed by atoms with Crippen LogP contribution < -0.4 is 10.2 Å². The van der Waals surface area contributed by atoms with Gasteiger partial charge in [-0.1, -0.05) is 0 Å². The Morgan fingerprint density at radius 3 is 2.54 bits per heavy atom. The second-order valence-electron chi connectivity index (χ2n) is 8.82.